The molecule has 0 bridgehead atoms. The van der Waals surface area contributed by atoms with Crippen molar-refractivity contribution >= 4 is 34.2 Å². The SMILES string of the molecule is CC(Oc1ccc2ccccc2c1)C(=O)NNC(=O)COc1ccccc1Cl. The summed E-state index contributed by atoms with van der Waals surface area (Å²) in [6, 6.07) is 20.2. The highest BCUT2D eigenvalue weighted by Gasteiger charge is 2.16. The molecule has 144 valence electrons. The second kappa shape index (κ2) is 9.10. The number of carbonyl (C=O) groups excluding carboxylic acids is 2. The van der Waals surface area contributed by atoms with Crippen molar-refractivity contribution in [2.24, 2.45) is 0 Å². The summed E-state index contributed by atoms with van der Waals surface area (Å²) in [5, 5.41) is 2.49. The first kappa shape index (κ1) is 19.5. The van der Waals surface area contributed by atoms with E-state index in [1.54, 1.807) is 37.3 Å². The zero-order valence-corrected chi connectivity index (χ0v) is 15.9. The molecule has 0 saturated carbocycles. The summed E-state index contributed by atoms with van der Waals surface area (Å²) < 4.78 is 11.0. The van der Waals surface area contributed by atoms with Crippen LogP contribution in [0.1, 0.15) is 6.92 Å². The summed E-state index contributed by atoms with van der Waals surface area (Å²) in [5.74, 6) is -0.0567. The molecule has 0 spiro atoms. The fourth-order valence-corrected chi connectivity index (χ4v) is 2.66. The molecular weight excluding hydrogens is 380 g/mol. The molecule has 0 aliphatic rings. The Bertz CT molecular complexity index is 993. The zero-order chi connectivity index (χ0) is 19.9. The van der Waals surface area contributed by atoms with E-state index in [0.717, 1.165) is 10.8 Å². The van der Waals surface area contributed by atoms with E-state index in [4.69, 9.17) is 21.1 Å². The predicted octanol–water partition coefficient (Wildman–Crippen LogP) is 3.49. The molecule has 0 aliphatic heterocycles. The highest BCUT2D eigenvalue weighted by molar-refractivity contribution is 6.32. The average molecular weight is 399 g/mol. The van der Waals surface area contributed by atoms with Crippen molar-refractivity contribution in [1.82, 2.24) is 10.9 Å². The third-order valence-corrected chi connectivity index (χ3v) is 4.24. The number of hydrazine groups is 1. The van der Waals surface area contributed by atoms with Gasteiger partial charge in [-0.3, -0.25) is 20.4 Å². The van der Waals surface area contributed by atoms with E-state index >= 15 is 0 Å². The van der Waals surface area contributed by atoms with Gasteiger partial charge in [-0.1, -0.05) is 54.1 Å². The van der Waals surface area contributed by atoms with Crippen LogP contribution in [0.5, 0.6) is 11.5 Å². The number of fused-ring (bicyclic) bond motifs is 1. The zero-order valence-electron chi connectivity index (χ0n) is 15.1. The van der Waals surface area contributed by atoms with Gasteiger partial charge in [-0.05, 0) is 42.0 Å². The minimum absolute atomic E-state index is 0.288. The van der Waals surface area contributed by atoms with Crippen molar-refractivity contribution < 1.29 is 19.1 Å². The molecule has 3 rings (SSSR count). The van der Waals surface area contributed by atoms with E-state index in [9.17, 15) is 9.59 Å². The summed E-state index contributed by atoms with van der Waals surface area (Å²) in [7, 11) is 0. The van der Waals surface area contributed by atoms with E-state index in [-0.39, 0.29) is 6.61 Å². The Balaban J connectivity index is 1.46. The number of carbonyl (C=O) groups is 2. The maximum absolute atomic E-state index is 12.1. The smallest absolute Gasteiger partial charge is 0.279 e. The number of amides is 2. The van der Waals surface area contributed by atoms with Crippen LogP contribution in [0.3, 0.4) is 0 Å². The number of halogens is 1. The molecule has 0 saturated heterocycles. The van der Waals surface area contributed by atoms with Gasteiger partial charge in [0.1, 0.15) is 11.5 Å². The van der Waals surface area contributed by atoms with Crippen LogP contribution in [-0.2, 0) is 9.59 Å². The molecule has 2 N–H and O–H groups in total. The van der Waals surface area contributed by atoms with E-state index in [1.807, 2.05) is 36.4 Å². The van der Waals surface area contributed by atoms with Crippen LogP contribution in [0.2, 0.25) is 5.02 Å². The van der Waals surface area contributed by atoms with E-state index in [0.29, 0.717) is 16.5 Å². The average Bonchev–Trinajstić information content (AvgIpc) is 2.71. The summed E-state index contributed by atoms with van der Waals surface area (Å²) in [5.41, 5.74) is 4.60. The lowest BCUT2D eigenvalue weighted by Crippen LogP contribution is -2.48. The van der Waals surface area contributed by atoms with Gasteiger partial charge >= 0.3 is 0 Å². The van der Waals surface area contributed by atoms with Crippen LogP contribution in [0, 0.1) is 0 Å². The van der Waals surface area contributed by atoms with Crippen molar-refractivity contribution in [3.63, 3.8) is 0 Å². The van der Waals surface area contributed by atoms with Gasteiger partial charge in [0.05, 0.1) is 5.02 Å². The van der Waals surface area contributed by atoms with Gasteiger partial charge in [-0.2, -0.15) is 0 Å². The Hall–Kier alpha value is -3.25. The van der Waals surface area contributed by atoms with Gasteiger partial charge in [-0.15, -0.1) is 0 Å². The Kier molecular flexibility index (Phi) is 6.34. The molecule has 0 aliphatic carbocycles. The fourth-order valence-electron chi connectivity index (χ4n) is 2.47. The highest BCUT2D eigenvalue weighted by atomic mass is 35.5. The number of benzene rings is 3. The number of para-hydroxylation sites is 1. The molecule has 28 heavy (non-hydrogen) atoms. The van der Waals surface area contributed by atoms with Crippen molar-refractivity contribution in [3.8, 4) is 11.5 Å². The number of hydrogen-bond acceptors (Lipinski definition) is 4. The minimum atomic E-state index is -0.800. The molecule has 3 aromatic carbocycles. The van der Waals surface area contributed by atoms with E-state index in [2.05, 4.69) is 10.9 Å². The van der Waals surface area contributed by atoms with Gasteiger partial charge in [-0.25, -0.2) is 0 Å². The maximum atomic E-state index is 12.1. The van der Waals surface area contributed by atoms with Gasteiger partial charge in [0.15, 0.2) is 12.7 Å². The molecule has 1 atom stereocenters. The molecule has 0 aromatic heterocycles. The molecular formula is C21H19ClN2O4. The second-order valence-electron chi connectivity index (χ2n) is 6.03. The third-order valence-electron chi connectivity index (χ3n) is 3.92. The predicted molar refractivity (Wildman–Crippen MR) is 107 cm³/mol. The normalized spacial score (nSPS) is 11.5. The number of rotatable bonds is 6. The van der Waals surface area contributed by atoms with Crippen molar-refractivity contribution in [2.75, 3.05) is 6.61 Å². The fraction of sp³-hybridized carbons (Fsp3) is 0.143. The lowest BCUT2D eigenvalue weighted by Gasteiger charge is -2.15. The monoisotopic (exact) mass is 398 g/mol. The highest BCUT2D eigenvalue weighted by Crippen LogP contribution is 2.23. The maximum Gasteiger partial charge on any atom is 0.279 e. The lowest BCUT2D eigenvalue weighted by molar-refractivity contribution is -0.133. The van der Waals surface area contributed by atoms with E-state index < -0.39 is 17.9 Å². The molecule has 0 heterocycles. The second-order valence-corrected chi connectivity index (χ2v) is 6.43. The molecule has 7 heteroatoms. The van der Waals surface area contributed by atoms with Crippen LogP contribution in [0.15, 0.2) is 66.7 Å². The molecule has 3 aromatic rings. The van der Waals surface area contributed by atoms with Crippen LogP contribution in [-0.4, -0.2) is 24.5 Å². The number of ether oxygens (including phenoxy) is 2. The Morgan fingerprint density at radius 2 is 1.68 bits per heavy atom. The van der Waals surface area contributed by atoms with Crippen LogP contribution < -0.4 is 20.3 Å². The third kappa shape index (κ3) is 5.14. The molecule has 0 radical (unpaired) electrons. The van der Waals surface area contributed by atoms with Crippen LogP contribution in [0.25, 0.3) is 10.8 Å². The topological polar surface area (TPSA) is 76.7 Å². The van der Waals surface area contributed by atoms with Gasteiger partial charge in [0, 0.05) is 0 Å². The lowest BCUT2D eigenvalue weighted by atomic mass is 10.1. The van der Waals surface area contributed by atoms with Crippen molar-refractivity contribution in [1.29, 1.82) is 0 Å². The first-order valence-corrected chi connectivity index (χ1v) is 9.02. The van der Waals surface area contributed by atoms with E-state index in [1.165, 1.54) is 0 Å². The largest absolute Gasteiger partial charge is 0.482 e. The molecule has 6 nitrogen and oxygen atoms in total. The Labute approximate surface area is 167 Å². The first-order chi connectivity index (χ1) is 13.5. The van der Waals surface area contributed by atoms with Crippen LogP contribution in [0.4, 0.5) is 0 Å². The summed E-state index contributed by atoms with van der Waals surface area (Å²) in [6.45, 7) is 1.31. The quantitative estimate of drug-likeness (QED) is 0.623. The number of hydrogen-bond donors (Lipinski definition) is 2. The van der Waals surface area contributed by atoms with Gasteiger partial charge < -0.3 is 9.47 Å². The Morgan fingerprint density at radius 1 is 0.964 bits per heavy atom. The van der Waals surface area contributed by atoms with Gasteiger partial charge in [0.25, 0.3) is 11.8 Å². The summed E-state index contributed by atoms with van der Waals surface area (Å²) in [6.07, 6.45) is -0.800. The van der Waals surface area contributed by atoms with Crippen LogP contribution >= 0.6 is 11.6 Å². The molecule has 0 fully saturated rings. The van der Waals surface area contributed by atoms with Crippen molar-refractivity contribution in [3.05, 3.63) is 71.8 Å². The number of nitrogens with one attached hydrogen (secondary N) is 2. The first-order valence-electron chi connectivity index (χ1n) is 8.64. The summed E-state index contributed by atoms with van der Waals surface area (Å²) in [4.78, 5) is 24.0. The Morgan fingerprint density at radius 3 is 2.46 bits per heavy atom. The summed E-state index contributed by atoms with van der Waals surface area (Å²) >= 11 is 5.95. The standard InChI is InChI=1S/C21H19ClN2O4/c1-14(28-17-11-10-15-6-2-3-7-16(15)12-17)21(26)24-23-20(25)13-27-19-9-5-4-8-18(19)22/h2-12,14H,13H2,1H3,(H,23,25)(H,24,26). The van der Waals surface area contributed by atoms with Crippen molar-refractivity contribution in [2.45, 2.75) is 13.0 Å². The molecule has 2 amide bonds. The van der Waals surface area contributed by atoms with Gasteiger partial charge in [0.2, 0.25) is 0 Å². The molecule has 1 unspecified atom stereocenters. The minimum Gasteiger partial charge on any atom is -0.482 e.